The zero-order valence-electron chi connectivity index (χ0n) is 5.39. The molecule has 2 nitrogen and oxygen atoms in total. The maximum Gasteiger partial charge on any atom is 0.122 e. The summed E-state index contributed by atoms with van der Waals surface area (Å²) in [7, 11) is 0. The molecular weight excluding hydrogens is 104 g/mol. The van der Waals surface area contributed by atoms with Crippen molar-refractivity contribution in [3.05, 3.63) is 0 Å². The van der Waals surface area contributed by atoms with Gasteiger partial charge in [0, 0.05) is 6.42 Å². The number of rotatable bonds is 4. The van der Waals surface area contributed by atoms with Crippen LogP contribution in [0.25, 0.3) is 0 Å². The maximum absolute atomic E-state index is 9.71. The zero-order chi connectivity index (χ0) is 6.41. The summed E-state index contributed by atoms with van der Waals surface area (Å²) in [6.07, 6.45) is 1.62. The second-order valence-electron chi connectivity index (χ2n) is 1.87. The molecule has 0 radical (unpaired) electrons. The Morgan fingerprint density at radius 3 is 2.62 bits per heavy atom. The number of hydrogen-bond donors (Lipinski definition) is 0. The zero-order valence-corrected chi connectivity index (χ0v) is 5.39. The summed E-state index contributed by atoms with van der Waals surface area (Å²) in [5.41, 5.74) is 0. The molecule has 0 amide bonds. The summed E-state index contributed by atoms with van der Waals surface area (Å²) in [6.45, 7) is 4.46. The standard InChI is InChI=1S/C6H12O2/c1-6(2)8-5-3-4-7/h4,6H,3,5H2,1-2H3. The van der Waals surface area contributed by atoms with Crippen LogP contribution in [0.15, 0.2) is 0 Å². The lowest BCUT2D eigenvalue weighted by Gasteiger charge is -2.02. The van der Waals surface area contributed by atoms with Crippen molar-refractivity contribution in [2.45, 2.75) is 26.4 Å². The van der Waals surface area contributed by atoms with Crippen molar-refractivity contribution in [3.8, 4) is 0 Å². The van der Waals surface area contributed by atoms with Crippen molar-refractivity contribution in [2.75, 3.05) is 6.61 Å². The quantitative estimate of drug-likeness (QED) is 0.404. The molecule has 0 saturated carbocycles. The predicted octanol–water partition coefficient (Wildman–Crippen LogP) is 1.00. The van der Waals surface area contributed by atoms with Crippen molar-refractivity contribution < 1.29 is 9.53 Å². The minimum absolute atomic E-state index is 0.245. The fraction of sp³-hybridized carbons (Fsp3) is 0.833. The highest BCUT2D eigenvalue weighted by Crippen LogP contribution is 1.86. The third-order valence-electron chi connectivity index (χ3n) is 0.687. The van der Waals surface area contributed by atoms with Gasteiger partial charge in [0.15, 0.2) is 0 Å². The Hall–Kier alpha value is -0.370. The van der Waals surface area contributed by atoms with Crippen molar-refractivity contribution in [1.29, 1.82) is 0 Å². The van der Waals surface area contributed by atoms with Crippen molar-refractivity contribution in [3.63, 3.8) is 0 Å². The lowest BCUT2D eigenvalue weighted by molar-refractivity contribution is -0.109. The molecule has 48 valence electrons. The van der Waals surface area contributed by atoms with Gasteiger partial charge in [-0.05, 0) is 13.8 Å². The van der Waals surface area contributed by atoms with E-state index in [2.05, 4.69) is 0 Å². The highest BCUT2D eigenvalue weighted by Gasteiger charge is 1.89. The molecule has 0 saturated heterocycles. The van der Waals surface area contributed by atoms with Gasteiger partial charge < -0.3 is 9.53 Å². The molecule has 0 N–H and O–H groups in total. The van der Waals surface area contributed by atoms with Crippen LogP contribution >= 0.6 is 0 Å². The third kappa shape index (κ3) is 5.63. The van der Waals surface area contributed by atoms with Crippen LogP contribution in [0, 0.1) is 0 Å². The maximum atomic E-state index is 9.71. The summed E-state index contributed by atoms with van der Waals surface area (Å²) in [5.74, 6) is 0. The molecule has 0 unspecified atom stereocenters. The summed E-state index contributed by atoms with van der Waals surface area (Å²) in [5, 5.41) is 0. The monoisotopic (exact) mass is 116 g/mol. The Bertz CT molecular complexity index is 59.5. The minimum atomic E-state index is 0.245. The molecule has 0 aliphatic heterocycles. The fourth-order valence-corrected chi connectivity index (χ4v) is 0.352. The van der Waals surface area contributed by atoms with Crippen molar-refractivity contribution in [2.24, 2.45) is 0 Å². The first-order chi connectivity index (χ1) is 3.77. The van der Waals surface area contributed by atoms with E-state index < -0.39 is 0 Å². The summed E-state index contributed by atoms with van der Waals surface area (Å²) < 4.78 is 5.05. The molecule has 0 aromatic heterocycles. The van der Waals surface area contributed by atoms with Gasteiger partial charge in [-0.3, -0.25) is 0 Å². The van der Waals surface area contributed by atoms with E-state index in [0.717, 1.165) is 6.29 Å². The molecule has 0 spiro atoms. The van der Waals surface area contributed by atoms with E-state index in [1.54, 1.807) is 0 Å². The van der Waals surface area contributed by atoms with Gasteiger partial charge in [0.05, 0.1) is 12.7 Å². The average molecular weight is 116 g/mol. The first-order valence-corrected chi connectivity index (χ1v) is 2.82. The Kier molecular flexibility index (Phi) is 4.56. The molecule has 0 aromatic carbocycles. The van der Waals surface area contributed by atoms with Crippen molar-refractivity contribution >= 4 is 6.29 Å². The first kappa shape index (κ1) is 7.63. The third-order valence-corrected chi connectivity index (χ3v) is 0.687. The molecule has 0 aliphatic carbocycles. The Morgan fingerprint density at radius 2 is 2.25 bits per heavy atom. The van der Waals surface area contributed by atoms with E-state index >= 15 is 0 Å². The van der Waals surface area contributed by atoms with E-state index in [1.165, 1.54) is 0 Å². The van der Waals surface area contributed by atoms with Gasteiger partial charge in [-0.2, -0.15) is 0 Å². The van der Waals surface area contributed by atoms with E-state index in [-0.39, 0.29) is 6.10 Å². The lowest BCUT2D eigenvalue weighted by Crippen LogP contribution is -2.03. The Labute approximate surface area is 49.8 Å². The summed E-state index contributed by atoms with van der Waals surface area (Å²) in [6, 6.07) is 0. The number of ether oxygens (including phenoxy) is 1. The molecule has 0 atom stereocenters. The van der Waals surface area contributed by atoms with Crippen LogP contribution in [0.5, 0.6) is 0 Å². The van der Waals surface area contributed by atoms with E-state index in [9.17, 15) is 4.79 Å². The van der Waals surface area contributed by atoms with Gasteiger partial charge >= 0.3 is 0 Å². The van der Waals surface area contributed by atoms with Crippen LogP contribution in [0.2, 0.25) is 0 Å². The molecule has 0 aromatic rings. The summed E-state index contributed by atoms with van der Waals surface area (Å²) >= 11 is 0. The number of carbonyl (C=O) groups excluding carboxylic acids is 1. The second kappa shape index (κ2) is 4.78. The lowest BCUT2D eigenvalue weighted by atomic mass is 10.4. The topological polar surface area (TPSA) is 26.3 Å². The van der Waals surface area contributed by atoms with Gasteiger partial charge in [0.1, 0.15) is 6.29 Å². The smallest absolute Gasteiger partial charge is 0.122 e. The van der Waals surface area contributed by atoms with Crippen LogP contribution in [0.1, 0.15) is 20.3 Å². The Morgan fingerprint density at radius 1 is 1.62 bits per heavy atom. The van der Waals surface area contributed by atoms with Gasteiger partial charge in [-0.15, -0.1) is 0 Å². The fourth-order valence-electron chi connectivity index (χ4n) is 0.352. The highest BCUT2D eigenvalue weighted by molar-refractivity contribution is 5.49. The molecule has 0 aliphatic rings. The molecule has 0 bridgehead atoms. The van der Waals surface area contributed by atoms with Gasteiger partial charge in [-0.25, -0.2) is 0 Å². The van der Waals surface area contributed by atoms with E-state index in [1.807, 2.05) is 13.8 Å². The van der Waals surface area contributed by atoms with E-state index in [0.29, 0.717) is 13.0 Å². The minimum Gasteiger partial charge on any atom is -0.378 e. The van der Waals surface area contributed by atoms with Gasteiger partial charge in [0.2, 0.25) is 0 Å². The normalized spacial score (nSPS) is 9.88. The number of aldehydes is 1. The highest BCUT2D eigenvalue weighted by atomic mass is 16.5. The van der Waals surface area contributed by atoms with E-state index in [4.69, 9.17) is 4.74 Å². The molecule has 8 heavy (non-hydrogen) atoms. The van der Waals surface area contributed by atoms with Crippen LogP contribution < -0.4 is 0 Å². The largest absolute Gasteiger partial charge is 0.378 e. The molecule has 0 heterocycles. The van der Waals surface area contributed by atoms with Crippen molar-refractivity contribution in [1.82, 2.24) is 0 Å². The number of carbonyl (C=O) groups is 1. The summed E-state index contributed by atoms with van der Waals surface area (Å²) in [4.78, 5) is 9.71. The SMILES string of the molecule is CC(C)OCCC=O. The molecular formula is C6H12O2. The Balaban J connectivity index is 2.81. The number of hydrogen-bond acceptors (Lipinski definition) is 2. The van der Waals surface area contributed by atoms with Crippen LogP contribution in [-0.4, -0.2) is 19.0 Å². The second-order valence-corrected chi connectivity index (χ2v) is 1.87. The van der Waals surface area contributed by atoms with Gasteiger partial charge in [-0.1, -0.05) is 0 Å². The van der Waals surface area contributed by atoms with Gasteiger partial charge in [0.25, 0.3) is 0 Å². The first-order valence-electron chi connectivity index (χ1n) is 2.82. The van der Waals surface area contributed by atoms with Crippen LogP contribution in [-0.2, 0) is 9.53 Å². The van der Waals surface area contributed by atoms with Crippen LogP contribution in [0.4, 0.5) is 0 Å². The van der Waals surface area contributed by atoms with Crippen LogP contribution in [0.3, 0.4) is 0 Å². The molecule has 0 rings (SSSR count). The predicted molar refractivity (Wildman–Crippen MR) is 31.8 cm³/mol. The molecule has 0 fully saturated rings. The molecule has 2 heteroatoms. The average Bonchev–Trinajstić information content (AvgIpc) is 1.66.